The zero-order valence-corrected chi connectivity index (χ0v) is 30.6. The van der Waals surface area contributed by atoms with Crippen molar-refractivity contribution in [3.63, 3.8) is 0 Å². The minimum absolute atomic E-state index is 0.00103. The maximum atomic E-state index is 12.5. The maximum absolute atomic E-state index is 12.5. The van der Waals surface area contributed by atoms with Crippen LogP contribution in [0.3, 0.4) is 0 Å². The van der Waals surface area contributed by atoms with Gasteiger partial charge in [-0.15, -0.1) is 0 Å². The highest BCUT2D eigenvalue weighted by Gasteiger charge is 2.26. The second-order valence-corrected chi connectivity index (χ2v) is 13.0. The average molecular weight is 697 g/mol. The summed E-state index contributed by atoms with van der Waals surface area (Å²) in [5.74, 6) is -0.516. The van der Waals surface area contributed by atoms with E-state index in [4.69, 9.17) is 23.6 Å². The van der Waals surface area contributed by atoms with Crippen LogP contribution >= 0.6 is 7.82 Å². The quantitative estimate of drug-likeness (QED) is 0.0266. The van der Waals surface area contributed by atoms with Gasteiger partial charge in [-0.25, -0.2) is 4.57 Å². The van der Waals surface area contributed by atoms with Crippen molar-refractivity contribution in [3.8, 4) is 0 Å². The van der Waals surface area contributed by atoms with Gasteiger partial charge in [0.2, 0.25) is 0 Å². The van der Waals surface area contributed by atoms with Crippen molar-refractivity contribution in [2.45, 2.75) is 129 Å². The molecule has 0 saturated heterocycles. The van der Waals surface area contributed by atoms with Gasteiger partial charge in [0.1, 0.15) is 12.2 Å². The molecule has 0 rings (SSSR count). The fourth-order valence-electron chi connectivity index (χ4n) is 4.17. The molecule has 0 aliphatic rings. The Kier molecular flexibility index (Phi) is 33.2. The van der Waals surface area contributed by atoms with Crippen molar-refractivity contribution in [1.82, 2.24) is 0 Å². The Hall–Kier alpha value is -2.10. The van der Waals surface area contributed by atoms with Gasteiger partial charge in [0.05, 0.1) is 32.8 Å². The van der Waals surface area contributed by atoms with E-state index >= 15 is 0 Å². The Balaban J connectivity index is 4.45. The lowest BCUT2D eigenvalue weighted by atomic mass is 10.1. The highest BCUT2D eigenvalue weighted by atomic mass is 31.2. The Bertz CT molecular complexity index is 971. The molecule has 48 heavy (non-hydrogen) atoms. The molecular weight excluding hydrogens is 631 g/mol. The number of aliphatic hydroxyl groups excluding tert-OH is 2. The number of allylic oxidation sites excluding steroid dienone is 11. The van der Waals surface area contributed by atoms with Crippen LogP contribution in [0.5, 0.6) is 0 Å². The fourth-order valence-corrected chi connectivity index (χ4v) is 4.96. The van der Waals surface area contributed by atoms with Gasteiger partial charge in [0, 0.05) is 6.61 Å². The molecule has 3 atom stereocenters. The molecular formula is C38H65O9P. The summed E-state index contributed by atoms with van der Waals surface area (Å²) < 4.78 is 33.0. The van der Waals surface area contributed by atoms with E-state index in [1.165, 1.54) is 38.5 Å². The number of phosphoric acid groups is 1. The number of carbonyl (C=O) groups excluding carboxylic acids is 1. The number of unbranched alkanes of at least 4 members (excludes halogenated alkanes) is 8. The van der Waals surface area contributed by atoms with Crippen LogP contribution in [0.15, 0.2) is 72.9 Å². The van der Waals surface area contributed by atoms with Gasteiger partial charge in [0.25, 0.3) is 0 Å². The van der Waals surface area contributed by atoms with Crippen LogP contribution in [0, 0.1) is 0 Å². The SMILES string of the molecule is CC/C=C\C/C=C\C/C=C\C/C=C\C/C=C\CC(=O)OC(COCCCCCCCC/C=C\CCCC)COP(=O)(O)OCC(O)CO. The van der Waals surface area contributed by atoms with Gasteiger partial charge in [0.15, 0.2) is 0 Å². The molecule has 0 amide bonds. The Morgan fingerprint density at radius 2 is 1.19 bits per heavy atom. The molecule has 10 heteroatoms. The van der Waals surface area contributed by atoms with Crippen LogP contribution in [-0.2, 0) is 27.9 Å². The third-order valence-corrected chi connectivity index (χ3v) is 7.86. The van der Waals surface area contributed by atoms with Crippen molar-refractivity contribution in [2.24, 2.45) is 0 Å². The smallest absolute Gasteiger partial charge is 0.457 e. The first kappa shape index (κ1) is 45.9. The van der Waals surface area contributed by atoms with E-state index < -0.39 is 45.8 Å². The number of ether oxygens (including phenoxy) is 2. The van der Waals surface area contributed by atoms with E-state index in [-0.39, 0.29) is 13.0 Å². The third-order valence-electron chi connectivity index (χ3n) is 6.91. The molecule has 3 unspecified atom stereocenters. The predicted molar refractivity (Wildman–Crippen MR) is 196 cm³/mol. The number of carbonyl (C=O) groups is 1. The van der Waals surface area contributed by atoms with Gasteiger partial charge < -0.3 is 24.6 Å². The lowest BCUT2D eigenvalue weighted by Crippen LogP contribution is -2.28. The van der Waals surface area contributed by atoms with Crippen LogP contribution in [-0.4, -0.2) is 66.3 Å². The summed E-state index contributed by atoms with van der Waals surface area (Å²) in [4.78, 5) is 22.4. The van der Waals surface area contributed by atoms with Crippen LogP contribution in [0.1, 0.15) is 117 Å². The predicted octanol–water partition coefficient (Wildman–Crippen LogP) is 9.02. The molecule has 0 bridgehead atoms. The molecule has 0 heterocycles. The number of phosphoric ester groups is 1. The number of aliphatic hydroxyl groups is 2. The van der Waals surface area contributed by atoms with Crippen molar-refractivity contribution in [1.29, 1.82) is 0 Å². The van der Waals surface area contributed by atoms with Gasteiger partial charge >= 0.3 is 13.8 Å². The Labute approximate surface area is 291 Å². The van der Waals surface area contributed by atoms with Gasteiger partial charge in [-0.2, -0.15) is 0 Å². The Morgan fingerprint density at radius 3 is 1.77 bits per heavy atom. The largest absolute Gasteiger partial charge is 0.472 e. The van der Waals surface area contributed by atoms with Crippen LogP contribution < -0.4 is 0 Å². The molecule has 276 valence electrons. The topological polar surface area (TPSA) is 132 Å². The second kappa shape index (κ2) is 34.8. The summed E-state index contributed by atoms with van der Waals surface area (Å²) >= 11 is 0. The molecule has 0 radical (unpaired) electrons. The highest BCUT2D eigenvalue weighted by Crippen LogP contribution is 2.43. The van der Waals surface area contributed by atoms with Crippen molar-refractivity contribution in [2.75, 3.05) is 33.0 Å². The summed E-state index contributed by atoms with van der Waals surface area (Å²) in [7, 11) is -4.54. The van der Waals surface area contributed by atoms with Crippen molar-refractivity contribution < 1.29 is 43.0 Å². The molecule has 9 nitrogen and oxygen atoms in total. The first-order chi connectivity index (χ1) is 23.3. The zero-order valence-electron chi connectivity index (χ0n) is 29.7. The van der Waals surface area contributed by atoms with E-state index in [0.717, 1.165) is 51.4 Å². The normalized spacial score (nSPS) is 15.2. The van der Waals surface area contributed by atoms with Gasteiger partial charge in [-0.3, -0.25) is 13.8 Å². The summed E-state index contributed by atoms with van der Waals surface area (Å²) in [5, 5.41) is 18.2. The Morgan fingerprint density at radius 1 is 0.667 bits per heavy atom. The van der Waals surface area contributed by atoms with Gasteiger partial charge in [-0.05, 0) is 57.8 Å². The molecule has 0 aromatic heterocycles. The van der Waals surface area contributed by atoms with E-state index in [1.54, 1.807) is 6.08 Å². The lowest BCUT2D eigenvalue weighted by molar-refractivity contribution is -0.153. The standard InChI is InChI=1S/C38H65O9P/c1-3-5-7-9-11-13-15-17-18-19-20-22-24-26-28-30-38(41)47-37(35-46-48(42,43)45-33-36(40)32-39)34-44-31-29-27-25-23-21-16-14-12-10-8-6-4-2/h5,7,10-13,17-18,20,22,26,28,36-37,39-40H,3-4,6,8-9,14-16,19,21,23-25,27,29-35H2,1-2H3,(H,42,43)/b7-5-,12-10-,13-11-,18-17-,22-20-,28-26-. The maximum Gasteiger partial charge on any atom is 0.472 e. The minimum atomic E-state index is -4.54. The first-order valence-electron chi connectivity index (χ1n) is 17.9. The van der Waals surface area contributed by atoms with E-state index in [2.05, 4.69) is 68.5 Å². The van der Waals surface area contributed by atoms with Crippen LogP contribution in [0.2, 0.25) is 0 Å². The molecule has 0 saturated carbocycles. The summed E-state index contributed by atoms with van der Waals surface area (Å²) in [5.41, 5.74) is 0. The molecule has 0 aliphatic heterocycles. The first-order valence-corrected chi connectivity index (χ1v) is 19.4. The monoisotopic (exact) mass is 696 g/mol. The van der Waals surface area contributed by atoms with Crippen molar-refractivity contribution in [3.05, 3.63) is 72.9 Å². The van der Waals surface area contributed by atoms with E-state index in [0.29, 0.717) is 13.0 Å². The number of esters is 1. The lowest BCUT2D eigenvalue weighted by Gasteiger charge is -2.20. The summed E-state index contributed by atoms with van der Waals surface area (Å²) in [6, 6.07) is 0. The molecule has 0 aromatic rings. The minimum Gasteiger partial charge on any atom is -0.457 e. The summed E-state index contributed by atoms with van der Waals surface area (Å²) in [6.45, 7) is 3.18. The summed E-state index contributed by atoms with van der Waals surface area (Å²) in [6.07, 6.45) is 38.9. The van der Waals surface area contributed by atoms with Crippen LogP contribution in [0.4, 0.5) is 0 Å². The molecule has 0 aromatic carbocycles. The second-order valence-electron chi connectivity index (χ2n) is 11.5. The average Bonchev–Trinajstić information content (AvgIpc) is 3.07. The molecule has 0 fully saturated rings. The molecule has 0 spiro atoms. The zero-order chi connectivity index (χ0) is 35.4. The molecule has 0 aliphatic carbocycles. The highest BCUT2D eigenvalue weighted by molar-refractivity contribution is 7.47. The van der Waals surface area contributed by atoms with E-state index in [9.17, 15) is 19.4 Å². The number of rotatable bonds is 33. The van der Waals surface area contributed by atoms with E-state index in [1.807, 2.05) is 12.2 Å². The van der Waals surface area contributed by atoms with Crippen LogP contribution in [0.25, 0.3) is 0 Å². The van der Waals surface area contributed by atoms with Gasteiger partial charge in [-0.1, -0.05) is 125 Å². The fraction of sp³-hybridized carbons (Fsp3) is 0.658. The van der Waals surface area contributed by atoms with Crippen molar-refractivity contribution >= 4 is 13.8 Å². The number of hydrogen-bond acceptors (Lipinski definition) is 8. The molecule has 3 N–H and O–H groups in total. The third kappa shape index (κ3) is 33.8. The number of hydrogen-bond donors (Lipinski definition) is 3.